The summed E-state index contributed by atoms with van der Waals surface area (Å²) in [5.41, 5.74) is 2.80. The molecule has 3 rings (SSSR count). The van der Waals surface area contributed by atoms with Gasteiger partial charge >= 0.3 is 0 Å². The molecule has 1 amide bonds. The smallest absolute Gasteiger partial charge is 0.251 e. The molecule has 1 saturated heterocycles. The highest BCUT2D eigenvalue weighted by Gasteiger charge is 2.17. The number of aromatic nitrogens is 2. The van der Waals surface area contributed by atoms with E-state index < -0.39 is 0 Å². The van der Waals surface area contributed by atoms with Crippen LogP contribution < -0.4 is 10.2 Å². The maximum absolute atomic E-state index is 12.3. The summed E-state index contributed by atoms with van der Waals surface area (Å²) in [6.45, 7) is 7.20. The fraction of sp³-hybridized carbons (Fsp3) is 0.500. The molecule has 1 fully saturated rings. The van der Waals surface area contributed by atoms with Crippen LogP contribution in [-0.2, 0) is 16.9 Å². The normalized spacial score (nSPS) is 14.7. The van der Waals surface area contributed by atoms with Gasteiger partial charge in [0.25, 0.3) is 5.91 Å². The van der Waals surface area contributed by atoms with E-state index in [1.165, 1.54) is 0 Å². The lowest BCUT2D eigenvalue weighted by Crippen LogP contribution is -2.44. The average Bonchev–Trinajstić information content (AvgIpc) is 2.78. The van der Waals surface area contributed by atoms with Crippen molar-refractivity contribution in [3.63, 3.8) is 0 Å². The molecule has 1 aliphatic heterocycles. The first kappa shape index (κ1) is 22.5. The molecule has 7 nitrogen and oxygen atoms in total. The van der Waals surface area contributed by atoms with Crippen molar-refractivity contribution < 1.29 is 9.53 Å². The summed E-state index contributed by atoms with van der Waals surface area (Å²) < 4.78 is 4.98. The Morgan fingerprint density at radius 3 is 2.73 bits per heavy atom. The fourth-order valence-corrected chi connectivity index (χ4v) is 4.04. The topological polar surface area (TPSA) is 70.6 Å². The Bertz CT molecular complexity index is 840. The zero-order valence-corrected chi connectivity index (χ0v) is 18.9. The predicted molar refractivity (Wildman–Crippen MR) is 121 cm³/mol. The number of nitrogens with zero attached hydrogens (tertiary/aromatic N) is 4. The Morgan fingerprint density at radius 2 is 2.00 bits per heavy atom. The first-order valence-corrected chi connectivity index (χ1v) is 11.4. The molecule has 1 N–H and O–H groups in total. The van der Waals surface area contributed by atoms with Crippen molar-refractivity contribution in [2.45, 2.75) is 24.3 Å². The number of hydrogen-bond acceptors (Lipinski definition) is 7. The molecule has 0 saturated carbocycles. The summed E-state index contributed by atoms with van der Waals surface area (Å²) in [7, 11) is 3.77. The number of thioether (sulfide) groups is 1. The van der Waals surface area contributed by atoms with E-state index in [2.05, 4.69) is 35.2 Å². The van der Waals surface area contributed by atoms with Gasteiger partial charge < -0.3 is 19.9 Å². The lowest BCUT2D eigenvalue weighted by molar-refractivity contribution is 0.0937. The minimum atomic E-state index is -0.0829. The highest BCUT2D eigenvalue weighted by Crippen LogP contribution is 2.24. The first-order valence-electron chi connectivity index (χ1n) is 10.4. The number of ether oxygens (including phenoxy) is 1. The van der Waals surface area contributed by atoms with E-state index in [4.69, 9.17) is 14.7 Å². The van der Waals surface area contributed by atoms with Crippen molar-refractivity contribution in [2.75, 3.05) is 58.4 Å². The van der Waals surface area contributed by atoms with Gasteiger partial charge in [0.1, 0.15) is 5.82 Å². The van der Waals surface area contributed by atoms with E-state index in [-0.39, 0.29) is 5.91 Å². The van der Waals surface area contributed by atoms with E-state index in [0.29, 0.717) is 24.5 Å². The fourth-order valence-electron chi connectivity index (χ4n) is 3.22. The molecule has 30 heavy (non-hydrogen) atoms. The largest absolute Gasteiger partial charge is 0.383 e. The molecule has 0 atom stereocenters. The van der Waals surface area contributed by atoms with Crippen LogP contribution in [0, 0.1) is 0 Å². The van der Waals surface area contributed by atoms with E-state index in [1.807, 2.05) is 24.3 Å². The molecule has 0 bridgehead atoms. The summed E-state index contributed by atoms with van der Waals surface area (Å²) >= 11 is 1.61. The summed E-state index contributed by atoms with van der Waals surface area (Å²) in [4.78, 5) is 26.5. The van der Waals surface area contributed by atoms with Crippen molar-refractivity contribution in [2.24, 2.45) is 0 Å². The van der Waals surface area contributed by atoms with E-state index in [0.717, 1.165) is 54.8 Å². The Morgan fingerprint density at radius 1 is 1.20 bits per heavy atom. The third kappa shape index (κ3) is 6.42. The van der Waals surface area contributed by atoms with Crippen LogP contribution in [0.5, 0.6) is 0 Å². The van der Waals surface area contributed by atoms with Crippen LogP contribution in [0.25, 0.3) is 0 Å². The second-order valence-corrected chi connectivity index (χ2v) is 8.32. The molecule has 2 heterocycles. The van der Waals surface area contributed by atoms with Gasteiger partial charge in [-0.15, -0.1) is 0 Å². The number of likely N-dealkylation sites (N-methyl/N-ethyl adjacent to an activating group) is 1. The maximum Gasteiger partial charge on any atom is 0.251 e. The lowest BCUT2D eigenvalue weighted by Gasteiger charge is -2.33. The number of carbonyl (C=O) groups excluding carboxylic acids is 1. The van der Waals surface area contributed by atoms with Gasteiger partial charge in [-0.1, -0.05) is 30.8 Å². The summed E-state index contributed by atoms with van der Waals surface area (Å²) in [5, 5.41) is 3.65. The molecule has 162 valence electrons. The van der Waals surface area contributed by atoms with Crippen molar-refractivity contribution in [3.05, 3.63) is 47.2 Å². The van der Waals surface area contributed by atoms with Crippen molar-refractivity contribution in [1.29, 1.82) is 0 Å². The lowest BCUT2D eigenvalue weighted by atomic mass is 10.1. The molecule has 0 spiro atoms. The van der Waals surface area contributed by atoms with Crippen LogP contribution in [0.3, 0.4) is 0 Å². The van der Waals surface area contributed by atoms with Crippen LogP contribution in [0.15, 0.2) is 35.5 Å². The van der Waals surface area contributed by atoms with Crippen LogP contribution in [0.4, 0.5) is 5.82 Å². The average molecular weight is 430 g/mol. The second kappa shape index (κ2) is 11.3. The molecule has 1 aliphatic rings. The standard InChI is InChI=1S/C22H31N5O2S/c1-4-19-15-20(27-11-9-26(2)10-12-27)25-22(24-19)30-16-17-6-5-7-18(14-17)21(28)23-8-13-29-3/h5-7,14-15H,4,8-13,16H2,1-3H3,(H,23,28). The Balaban J connectivity index is 1.66. The van der Waals surface area contributed by atoms with Crippen LogP contribution in [-0.4, -0.2) is 74.3 Å². The predicted octanol–water partition coefficient (Wildman–Crippen LogP) is 2.46. The van der Waals surface area contributed by atoms with Crippen molar-refractivity contribution in [3.8, 4) is 0 Å². The molecule has 0 radical (unpaired) electrons. The van der Waals surface area contributed by atoms with Gasteiger partial charge in [0.15, 0.2) is 5.16 Å². The summed E-state index contributed by atoms with van der Waals surface area (Å²) in [6.07, 6.45) is 0.883. The number of hydrogen-bond donors (Lipinski definition) is 1. The first-order chi connectivity index (χ1) is 14.6. The third-order valence-electron chi connectivity index (χ3n) is 5.08. The molecular formula is C22H31N5O2S. The van der Waals surface area contributed by atoms with E-state index in [9.17, 15) is 4.79 Å². The minimum absolute atomic E-state index is 0.0829. The number of carbonyl (C=O) groups is 1. The number of rotatable bonds is 9. The number of piperazine rings is 1. The number of anilines is 1. The van der Waals surface area contributed by atoms with Gasteiger partial charge in [0.05, 0.1) is 6.61 Å². The van der Waals surface area contributed by atoms with Gasteiger partial charge in [0.2, 0.25) is 0 Å². The monoisotopic (exact) mass is 429 g/mol. The SMILES string of the molecule is CCc1cc(N2CCN(C)CC2)nc(SCc2cccc(C(=O)NCCOC)c2)n1. The molecule has 0 unspecified atom stereocenters. The zero-order valence-electron chi connectivity index (χ0n) is 18.1. The number of aryl methyl sites for hydroxylation is 1. The molecule has 0 aliphatic carbocycles. The van der Waals surface area contributed by atoms with Gasteiger partial charge in [-0.05, 0) is 31.2 Å². The number of benzene rings is 1. The maximum atomic E-state index is 12.3. The third-order valence-corrected chi connectivity index (χ3v) is 6.00. The Hall–Kier alpha value is -2.16. The molecule has 8 heteroatoms. The number of nitrogens with one attached hydrogen (secondary N) is 1. The van der Waals surface area contributed by atoms with Gasteiger partial charge in [0, 0.05) is 62.9 Å². The Labute approximate surface area is 183 Å². The quantitative estimate of drug-likeness (QED) is 0.373. The minimum Gasteiger partial charge on any atom is -0.383 e. The van der Waals surface area contributed by atoms with E-state index >= 15 is 0 Å². The van der Waals surface area contributed by atoms with Gasteiger partial charge in [-0.2, -0.15) is 0 Å². The van der Waals surface area contributed by atoms with Crippen molar-refractivity contribution in [1.82, 2.24) is 20.2 Å². The molecule has 1 aromatic carbocycles. The second-order valence-electron chi connectivity index (χ2n) is 7.38. The van der Waals surface area contributed by atoms with Crippen LogP contribution >= 0.6 is 11.8 Å². The zero-order chi connectivity index (χ0) is 21.3. The molecular weight excluding hydrogens is 398 g/mol. The van der Waals surface area contributed by atoms with Gasteiger partial charge in [-0.3, -0.25) is 4.79 Å². The highest BCUT2D eigenvalue weighted by molar-refractivity contribution is 7.98. The summed E-state index contributed by atoms with van der Waals surface area (Å²) in [6, 6.07) is 9.82. The number of methoxy groups -OCH3 is 1. The highest BCUT2D eigenvalue weighted by atomic mass is 32.2. The number of amides is 1. The van der Waals surface area contributed by atoms with Gasteiger partial charge in [-0.25, -0.2) is 9.97 Å². The van der Waals surface area contributed by atoms with E-state index in [1.54, 1.807) is 18.9 Å². The van der Waals surface area contributed by atoms with Crippen molar-refractivity contribution >= 4 is 23.5 Å². The van der Waals surface area contributed by atoms with Crippen LogP contribution in [0.1, 0.15) is 28.5 Å². The Kier molecular flexibility index (Phi) is 8.48. The molecule has 1 aromatic heterocycles. The molecule has 2 aromatic rings. The summed E-state index contributed by atoms with van der Waals surface area (Å²) in [5.74, 6) is 1.65. The van der Waals surface area contributed by atoms with Crippen LogP contribution in [0.2, 0.25) is 0 Å².